The lowest BCUT2D eigenvalue weighted by atomic mass is 10.1. The predicted octanol–water partition coefficient (Wildman–Crippen LogP) is 3.21. The standard InChI is InChI=1S/C18H20N4OS/c1-3-15-14(11-21-18(22-15)24-2)17(23)19-9-8-12-10-20-16-7-5-4-6-13(12)16/h4-7,10-11,20H,3,8-9H2,1-2H3,(H,19,23). The highest BCUT2D eigenvalue weighted by atomic mass is 32.2. The summed E-state index contributed by atoms with van der Waals surface area (Å²) >= 11 is 1.48. The first-order chi connectivity index (χ1) is 11.7. The third-order valence-electron chi connectivity index (χ3n) is 3.96. The Balaban J connectivity index is 1.65. The van der Waals surface area contributed by atoms with Crippen LogP contribution in [-0.4, -0.2) is 33.7 Å². The molecule has 124 valence electrons. The Bertz CT molecular complexity index is 859. The number of hydrogen-bond donors (Lipinski definition) is 2. The minimum absolute atomic E-state index is 0.112. The number of amides is 1. The molecule has 3 rings (SSSR count). The monoisotopic (exact) mass is 340 g/mol. The van der Waals surface area contributed by atoms with E-state index < -0.39 is 0 Å². The topological polar surface area (TPSA) is 70.7 Å². The van der Waals surface area contributed by atoms with Crippen molar-refractivity contribution in [2.24, 2.45) is 0 Å². The van der Waals surface area contributed by atoms with E-state index in [4.69, 9.17) is 0 Å². The molecule has 0 atom stereocenters. The van der Waals surface area contributed by atoms with E-state index in [1.165, 1.54) is 22.7 Å². The van der Waals surface area contributed by atoms with Crippen molar-refractivity contribution in [1.82, 2.24) is 20.3 Å². The highest BCUT2D eigenvalue weighted by molar-refractivity contribution is 7.98. The van der Waals surface area contributed by atoms with Gasteiger partial charge in [0, 0.05) is 29.8 Å². The maximum absolute atomic E-state index is 12.4. The molecule has 6 heteroatoms. The molecule has 24 heavy (non-hydrogen) atoms. The van der Waals surface area contributed by atoms with Gasteiger partial charge in [-0.3, -0.25) is 4.79 Å². The number of carbonyl (C=O) groups is 1. The van der Waals surface area contributed by atoms with Gasteiger partial charge >= 0.3 is 0 Å². The number of carbonyl (C=O) groups excluding carboxylic acids is 1. The predicted molar refractivity (Wildman–Crippen MR) is 97.5 cm³/mol. The van der Waals surface area contributed by atoms with Crippen molar-refractivity contribution in [3.8, 4) is 0 Å². The number of aromatic nitrogens is 3. The number of thioether (sulfide) groups is 1. The van der Waals surface area contributed by atoms with E-state index in [0.29, 0.717) is 23.7 Å². The van der Waals surface area contributed by atoms with Crippen molar-refractivity contribution in [2.45, 2.75) is 24.9 Å². The third-order valence-corrected chi connectivity index (χ3v) is 4.52. The van der Waals surface area contributed by atoms with Crippen LogP contribution in [0.15, 0.2) is 41.8 Å². The van der Waals surface area contributed by atoms with Crippen LogP contribution in [0.3, 0.4) is 0 Å². The smallest absolute Gasteiger partial charge is 0.254 e. The first kappa shape index (κ1) is 16.5. The number of aromatic amines is 1. The van der Waals surface area contributed by atoms with Crippen molar-refractivity contribution in [1.29, 1.82) is 0 Å². The fraction of sp³-hybridized carbons (Fsp3) is 0.278. The van der Waals surface area contributed by atoms with Crippen LogP contribution in [-0.2, 0) is 12.8 Å². The van der Waals surface area contributed by atoms with Crippen LogP contribution in [0, 0.1) is 0 Å². The Morgan fingerprint density at radius 3 is 2.96 bits per heavy atom. The van der Waals surface area contributed by atoms with Gasteiger partial charge in [0.15, 0.2) is 5.16 Å². The molecule has 0 spiro atoms. The molecule has 0 aliphatic rings. The van der Waals surface area contributed by atoms with Crippen LogP contribution in [0.4, 0.5) is 0 Å². The van der Waals surface area contributed by atoms with Gasteiger partial charge in [-0.15, -0.1) is 0 Å². The zero-order valence-electron chi connectivity index (χ0n) is 13.8. The Morgan fingerprint density at radius 2 is 2.17 bits per heavy atom. The molecule has 1 amide bonds. The fourth-order valence-electron chi connectivity index (χ4n) is 2.70. The summed E-state index contributed by atoms with van der Waals surface area (Å²) in [5.41, 5.74) is 3.68. The SMILES string of the molecule is CCc1nc(SC)ncc1C(=O)NCCc1c[nH]c2ccccc12. The molecule has 0 aliphatic carbocycles. The normalized spacial score (nSPS) is 10.9. The van der Waals surface area contributed by atoms with Crippen LogP contribution in [0.25, 0.3) is 10.9 Å². The van der Waals surface area contributed by atoms with Gasteiger partial charge < -0.3 is 10.3 Å². The van der Waals surface area contributed by atoms with E-state index in [1.54, 1.807) is 6.20 Å². The van der Waals surface area contributed by atoms with Gasteiger partial charge in [0.2, 0.25) is 0 Å². The minimum Gasteiger partial charge on any atom is -0.361 e. The summed E-state index contributed by atoms with van der Waals surface area (Å²) in [5.74, 6) is -0.112. The molecule has 0 radical (unpaired) electrons. The van der Waals surface area contributed by atoms with E-state index >= 15 is 0 Å². The zero-order valence-corrected chi connectivity index (χ0v) is 14.6. The minimum atomic E-state index is -0.112. The average Bonchev–Trinajstić information content (AvgIpc) is 3.04. The van der Waals surface area contributed by atoms with Gasteiger partial charge in [0.1, 0.15) is 0 Å². The molecule has 2 heterocycles. The molecule has 0 aliphatic heterocycles. The summed E-state index contributed by atoms with van der Waals surface area (Å²) in [4.78, 5) is 24.3. The van der Waals surface area contributed by atoms with Gasteiger partial charge in [-0.05, 0) is 30.7 Å². The quantitative estimate of drug-likeness (QED) is 0.534. The summed E-state index contributed by atoms with van der Waals surface area (Å²) in [5, 5.41) is 4.87. The van der Waals surface area contributed by atoms with Gasteiger partial charge in [-0.2, -0.15) is 0 Å². The first-order valence-corrected chi connectivity index (χ1v) is 9.18. The molecule has 2 aromatic heterocycles. The summed E-state index contributed by atoms with van der Waals surface area (Å²) in [6.45, 7) is 2.57. The van der Waals surface area contributed by atoms with Crippen molar-refractivity contribution in [3.05, 3.63) is 53.5 Å². The summed E-state index contributed by atoms with van der Waals surface area (Å²) in [6.07, 6.45) is 7.04. The number of benzene rings is 1. The first-order valence-electron chi connectivity index (χ1n) is 7.96. The number of nitrogens with zero attached hydrogens (tertiary/aromatic N) is 2. The zero-order chi connectivity index (χ0) is 16.9. The molecule has 0 bridgehead atoms. The molecule has 3 aromatic rings. The Morgan fingerprint density at radius 1 is 1.33 bits per heavy atom. The van der Waals surface area contributed by atoms with Gasteiger partial charge in [0.25, 0.3) is 5.91 Å². The van der Waals surface area contributed by atoms with Crippen molar-refractivity contribution >= 4 is 28.6 Å². The van der Waals surface area contributed by atoms with Crippen LogP contribution >= 0.6 is 11.8 Å². The van der Waals surface area contributed by atoms with Crippen LogP contribution in [0.2, 0.25) is 0 Å². The summed E-state index contributed by atoms with van der Waals surface area (Å²) in [7, 11) is 0. The van der Waals surface area contributed by atoms with Gasteiger partial charge in [-0.1, -0.05) is 36.9 Å². The van der Waals surface area contributed by atoms with Crippen molar-refractivity contribution in [3.63, 3.8) is 0 Å². The average molecular weight is 340 g/mol. The largest absolute Gasteiger partial charge is 0.361 e. The van der Waals surface area contributed by atoms with E-state index in [0.717, 1.165) is 17.6 Å². The fourth-order valence-corrected chi connectivity index (χ4v) is 3.06. The molecular formula is C18H20N4OS. The van der Waals surface area contributed by atoms with Gasteiger partial charge in [0.05, 0.1) is 11.3 Å². The lowest BCUT2D eigenvalue weighted by Crippen LogP contribution is -2.27. The van der Waals surface area contributed by atoms with E-state index in [9.17, 15) is 4.79 Å². The second-order valence-electron chi connectivity index (χ2n) is 5.44. The summed E-state index contributed by atoms with van der Waals surface area (Å²) < 4.78 is 0. The Kier molecular flexibility index (Phi) is 5.15. The molecular weight excluding hydrogens is 320 g/mol. The molecule has 1 aromatic carbocycles. The van der Waals surface area contributed by atoms with E-state index in [-0.39, 0.29) is 5.91 Å². The molecule has 0 saturated heterocycles. The number of rotatable bonds is 6. The van der Waals surface area contributed by atoms with Crippen LogP contribution in [0.5, 0.6) is 0 Å². The summed E-state index contributed by atoms with van der Waals surface area (Å²) in [6, 6.07) is 8.17. The number of para-hydroxylation sites is 1. The highest BCUT2D eigenvalue weighted by Crippen LogP contribution is 2.18. The highest BCUT2D eigenvalue weighted by Gasteiger charge is 2.13. The van der Waals surface area contributed by atoms with Crippen molar-refractivity contribution in [2.75, 3.05) is 12.8 Å². The number of nitrogens with one attached hydrogen (secondary N) is 2. The molecule has 5 nitrogen and oxygen atoms in total. The van der Waals surface area contributed by atoms with Crippen LogP contribution in [0.1, 0.15) is 28.5 Å². The Labute approximate surface area is 145 Å². The lowest BCUT2D eigenvalue weighted by molar-refractivity contribution is 0.0952. The number of H-pyrrole nitrogens is 1. The number of aryl methyl sites for hydroxylation is 1. The second kappa shape index (κ2) is 7.49. The molecule has 0 fully saturated rings. The maximum atomic E-state index is 12.4. The maximum Gasteiger partial charge on any atom is 0.254 e. The number of fused-ring (bicyclic) bond motifs is 1. The number of hydrogen-bond acceptors (Lipinski definition) is 4. The third kappa shape index (κ3) is 3.43. The molecule has 0 saturated carbocycles. The molecule has 2 N–H and O–H groups in total. The second-order valence-corrected chi connectivity index (χ2v) is 6.21. The van der Waals surface area contributed by atoms with E-state index in [1.807, 2.05) is 31.5 Å². The van der Waals surface area contributed by atoms with Gasteiger partial charge in [-0.25, -0.2) is 9.97 Å². The van der Waals surface area contributed by atoms with Crippen LogP contribution < -0.4 is 5.32 Å². The van der Waals surface area contributed by atoms with Crippen molar-refractivity contribution < 1.29 is 4.79 Å². The molecule has 0 unspecified atom stereocenters. The lowest BCUT2D eigenvalue weighted by Gasteiger charge is -2.09. The Hall–Kier alpha value is -2.34. The van der Waals surface area contributed by atoms with E-state index in [2.05, 4.69) is 32.4 Å².